The molecule has 2 aliphatic rings. The van der Waals surface area contributed by atoms with Crippen LogP contribution in [0.25, 0.3) is 11.1 Å². The van der Waals surface area contributed by atoms with Crippen LogP contribution in [0.5, 0.6) is 0 Å². The third-order valence-electron chi connectivity index (χ3n) is 5.15. The van der Waals surface area contributed by atoms with E-state index in [1.165, 1.54) is 22.3 Å². The summed E-state index contributed by atoms with van der Waals surface area (Å²) in [6, 6.07) is 17.8. The zero-order valence-electron chi connectivity index (χ0n) is 12.6. The van der Waals surface area contributed by atoms with Gasteiger partial charge in [-0.2, -0.15) is 0 Å². The van der Waals surface area contributed by atoms with Crippen LogP contribution in [0.1, 0.15) is 37.3 Å². The number of fused-ring (bicyclic) bond motifs is 3. The average Bonchev–Trinajstić information content (AvgIpc) is 3.14. The van der Waals surface area contributed by atoms with Crippen molar-refractivity contribution in [2.24, 2.45) is 5.41 Å². The van der Waals surface area contributed by atoms with Gasteiger partial charge in [0.15, 0.2) is 0 Å². The maximum absolute atomic E-state index is 2.40. The Morgan fingerprint density at radius 3 is 1.95 bits per heavy atom. The van der Waals surface area contributed by atoms with Crippen molar-refractivity contribution in [2.45, 2.75) is 26.2 Å². The van der Waals surface area contributed by atoms with E-state index in [2.05, 4.69) is 80.6 Å². The van der Waals surface area contributed by atoms with Gasteiger partial charge in [-0.05, 0) is 34.1 Å². The minimum Gasteiger partial charge on any atom is -0.0804 e. The van der Waals surface area contributed by atoms with Crippen LogP contribution in [0, 0.1) is 5.41 Å². The molecule has 0 fully saturated rings. The molecule has 0 bridgehead atoms. The van der Waals surface area contributed by atoms with Gasteiger partial charge >= 0.3 is 0 Å². The monoisotopic (exact) mass is 272 g/mol. The summed E-state index contributed by atoms with van der Waals surface area (Å²) in [5.74, 6) is 0.455. The predicted molar refractivity (Wildman–Crippen MR) is 89.3 cm³/mol. The molecule has 0 saturated heterocycles. The molecule has 0 N–H and O–H groups in total. The number of rotatable bonds is 2. The Morgan fingerprint density at radius 1 is 0.857 bits per heavy atom. The molecule has 104 valence electrons. The molecule has 0 aliphatic heterocycles. The van der Waals surface area contributed by atoms with E-state index >= 15 is 0 Å². The van der Waals surface area contributed by atoms with Gasteiger partial charge in [-0.3, -0.25) is 0 Å². The first-order valence-corrected chi connectivity index (χ1v) is 7.74. The molecule has 0 saturated carbocycles. The Morgan fingerprint density at radius 2 is 1.43 bits per heavy atom. The Balaban J connectivity index is 1.93. The number of benzene rings is 2. The van der Waals surface area contributed by atoms with Crippen molar-refractivity contribution in [3.05, 3.63) is 83.5 Å². The molecule has 0 unspecified atom stereocenters. The molecule has 0 atom stereocenters. The summed E-state index contributed by atoms with van der Waals surface area (Å²) >= 11 is 0. The van der Waals surface area contributed by atoms with Crippen molar-refractivity contribution in [3.63, 3.8) is 0 Å². The summed E-state index contributed by atoms with van der Waals surface area (Å²) in [7, 11) is 0. The molecule has 2 aromatic carbocycles. The van der Waals surface area contributed by atoms with Crippen molar-refractivity contribution in [3.8, 4) is 11.1 Å². The fourth-order valence-corrected chi connectivity index (χ4v) is 4.04. The van der Waals surface area contributed by atoms with Gasteiger partial charge in [0.1, 0.15) is 0 Å². The number of hydrogen-bond acceptors (Lipinski definition) is 0. The summed E-state index contributed by atoms with van der Waals surface area (Å²) in [5.41, 5.74) is 7.48. The molecule has 0 aromatic heterocycles. The second-order valence-corrected chi connectivity index (χ2v) is 6.65. The molecule has 0 spiro atoms. The normalized spacial score (nSPS) is 16.8. The summed E-state index contributed by atoms with van der Waals surface area (Å²) in [4.78, 5) is 0. The van der Waals surface area contributed by atoms with Crippen molar-refractivity contribution >= 4 is 0 Å². The largest absolute Gasteiger partial charge is 0.0804 e. The summed E-state index contributed by atoms with van der Waals surface area (Å²) in [6.45, 7) is 4.80. The van der Waals surface area contributed by atoms with Gasteiger partial charge in [-0.1, -0.05) is 86.2 Å². The standard InChI is InChI=1S/C21H20/c1-21(2,15-9-3-4-10-15)20-18-13-7-5-11-16(18)17-12-6-8-14-19(17)20/h3-9,11-14,20H,10H2,1-2H3. The third-order valence-corrected chi connectivity index (χ3v) is 5.15. The molecule has 0 nitrogen and oxygen atoms in total. The molecule has 2 aliphatic carbocycles. The molecule has 21 heavy (non-hydrogen) atoms. The lowest BCUT2D eigenvalue weighted by molar-refractivity contribution is 0.388. The van der Waals surface area contributed by atoms with Crippen molar-refractivity contribution in [1.29, 1.82) is 0 Å². The highest BCUT2D eigenvalue weighted by molar-refractivity contribution is 5.79. The first kappa shape index (κ1) is 12.6. The first-order chi connectivity index (χ1) is 10.2. The van der Waals surface area contributed by atoms with E-state index in [0.717, 1.165) is 6.42 Å². The van der Waals surface area contributed by atoms with Crippen molar-refractivity contribution in [1.82, 2.24) is 0 Å². The fourth-order valence-electron chi connectivity index (χ4n) is 4.04. The van der Waals surface area contributed by atoms with Crippen LogP contribution in [0.15, 0.2) is 72.3 Å². The minimum atomic E-state index is 0.145. The van der Waals surface area contributed by atoms with Crippen LogP contribution < -0.4 is 0 Å². The van der Waals surface area contributed by atoms with Gasteiger partial charge in [0.25, 0.3) is 0 Å². The number of hydrogen-bond donors (Lipinski definition) is 0. The molecule has 2 aromatic rings. The van der Waals surface area contributed by atoms with Gasteiger partial charge < -0.3 is 0 Å². The maximum atomic E-state index is 2.40. The molecule has 0 heterocycles. The molecular formula is C21H20. The highest BCUT2D eigenvalue weighted by Crippen LogP contribution is 2.55. The summed E-state index contributed by atoms with van der Waals surface area (Å²) in [5, 5.41) is 0. The molecule has 0 radical (unpaired) electrons. The molecule has 4 rings (SSSR count). The van der Waals surface area contributed by atoms with E-state index in [1.54, 1.807) is 5.57 Å². The first-order valence-electron chi connectivity index (χ1n) is 7.74. The summed E-state index contributed by atoms with van der Waals surface area (Å²) < 4.78 is 0. The quantitative estimate of drug-likeness (QED) is 0.656. The third kappa shape index (κ3) is 1.75. The SMILES string of the molecule is CC(C)(C1=CC=CC1)C1c2ccccc2-c2ccccc21. The van der Waals surface area contributed by atoms with Gasteiger partial charge in [-0.15, -0.1) is 0 Å². The Bertz CT molecular complexity index is 714. The van der Waals surface area contributed by atoms with E-state index in [0.29, 0.717) is 5.92 Å². The van der Waals surface area contributed by atoms with Crippen LogP contribution >= 0.6 is 0 Å². The van der Waals surface area contributed by atoms with Crippen LogP contribution in [0.4, 0.5) is 0 Å². The van der Waals surface area contributed by atoms with Crippen molar-refractivity contribution in [2.75, 3.05) is 0 Å². The van der Waals surface area contributed by atoms with E-state index < -0.39 is 0 Å². The van der Waals surface area contributed by atoms with Crippen LogP contribution in [0.3, 0.4) is 0 Å². The Labute approximate surface area is 126 Å². The van der Waals surface area contributed by atoms with Gasteiger partial charge in [0.05, 0.1) is 0 Å². The Kier molecular flexibility index (Phi) is 2.68. The predicted octanol–water partition coefficient (Wildman–Crippen LogP) is 5.71. The van der Waals surface area contributed by atoms with Gasteiger partial charge in [0.2, 0.25) is 0 Å². The topological polar surface area (TPSA) is 0 Å². The maximum Gasteiger partial charge on any atom is 0.0190 e. The van der Waals surface area contributed by atoms with E-state index in [1.807, 2.05) is 0 Å². The second-order valence-electron chi connectivity index (χ2n) is 6.65. The smallest absolute Gasteiger partial charge is 0.0190 e. The van der Waals surface area contributed by atoms with Crippen LogP contribution in [-0.4, -0.2) is 0 Å². The van der Waals surface area contributed by atoms with Crippen molar-refractivity contribution < 1.29 is 0 Å². The van der Waals surface area contributed by atoms with E-state index in [4.69, 9.17) is 0 Å². The molecule has 0 amide bonds. The summed E-state index contributed by atoms with van der Waals surface area (Å²) in [6.07, 6.45) is 7.87. The van der Waals surface area contributed by atoms with E-state index in [9.17, 15) is 0 Å². The fraction of sp³-hybridized carbons (Fsp3) is 0.238. The highest BCUT2D eigenvalue weighted by atomic mass is 14.4. The Hall–Kier alpha value is -2.08. The molecule has 0 heteroatoms. The lowest BCUT2D eigenvalue weighted by Gasteiger charge is -2.35. The molecular weight excluding hydrogens is 252 g/mol. The zero-order valence-corrected chi connectivity index (χ0v) is 12.6. The second kappa shape index (κ2) is 4.46. The van der Waals surface area contributed by atoms with Crippen LogP contribution in [0.2, 0.25) is 0 Å². The van der Waals surface area contributed by atoms with Gasteiger partial charge in [-0.25, -0.2) is 0 Å². The van der Waals surface area contributed by atoms with Crippen LogP contribution in [-0.2, 0) is 0 Å². The van der Waals surface area contributed by atoms with Gasteiger partial charge in [0, 0.05) is 5.92 Å². The zero-order chi connectivity index (χ0) is 14.4. The minimum absolute atomic E-state index is 0.145. The highest BCUT2D eigenvalue weighted by Gasteiger charge is 2.40. The number of allylic oxidation sites excluding steroid dienone is 4. The van der Waals surface area contributed by atoms with E-state index in [-0.39, 0.29) is 5.41 Å². The lowest BCUT2D eigenvalue weighted by Crippen LogP contribution is -2.23. The lowest BCUT2D eigenvalue weighted by atomic mass is 9.68. The average molecular weight is 272 g/mol.